The molecule has 3 heteroatoms. The molecule has 136 valence electrons. The first-order valence-electron chi connectivity index (χ1n) is 9.39. The molecule has 0 spiro atoms. The molecule has 0 aliphatic carbocycles. The highest BCUT2D eigenvalue weighted by molar-refractivity contribution is 7.80. The quantitative estimate of drug-likeness (QED) is 0.335. The lowest BCUT2D eigenvalue weighted by molar-refractivity contribution is 1.03. The molecule has 0 atom stereocenters. The molecule has 0 bridgehead atoms. The third-order valence-electron chi connectivity index (χ3n) is 5.38. The van der Waals surface area contributed by atoms with Crippen LogP contribution in [0.3, 0.4) is 0 Å². The number of pyridine rings is 1. The van der Waals surface area contributed by atoms with E-state index in [4.69, 9.17) is 17.6 Å². The number of hydrogen-bond acceptors (Lipinski definition) is 2. The Morgan fingerprint density at radius 2 is 1.39 bits per heavy atom. The van der Waals surface area contributed by atoms with Gasteiger partial charge in [0.2, 0.25) is 0 Å². The van der Waals surface area contributed by atoms with Crippen LogP contribution in [0, 0.1) is 13.8 Å². The van der Waals surface area contributed by atoms with Crippen LogP contribution in [-0.4, -0.2) is 9.55 Å². The fourth-order valence-corrected chi connectivity index (χ4v) is 4.35. The van der Waals surface area contributed by atoms with Crippen LogP contribution in [0.2, 0.25) is 0 Å². The number of benzene rings is 3. The average Bonchev–Trinajstić information content (AvgIpc) is 3.05. The molecule has 0 fully saturated rings. The maximum Gasteiger partial charge on any atom is 0.151 e. The molecule has 3 aromatic carbocycles. The van der Waals surface area contributed by atoms with Crippen LogP contribution in [0.5, 0.6) is 0 Å². The summed E-state index contributed by atoms with van der Waals surface area (Å²) in [4.78, 5) is 5.64. The average molecular weight is 381 g/mol. The second kappa shape index (κ2) is 6.54. The fourth-order valence-electron chi connectivity index (χ4n) is 4.00. The Morgan fingerprint density at radius 1 is 0.750 bits per heavy atom. The third-order valence-corrected chi connectivity index (χ3v) is 5.82. The lowest BCUT2D eigenvalue weighted by atomic mass is 9.99. The number of aromatic nitrogens is 2. The van der Waals surface area contributed by atoms with Gasteiger partial charge in [-0.1, -0.05) is 60.2 Å². The Kier molecular flexibility index (Phi) is 3.99. The van der Waals surface area contributed by atoms with Gasteiger partial charge in [-0.25, -0.2) is 4.98 Å². The van der Waals surface area contributed by atoms with Gasteiger partial charge in [-0.15, -0.1) is 12.6 Å². The van der Waals surface area contributed by atoms with Crippen LogP contribution in [0.25, 0.3) is 38.8 Å². The molecule has 2 heterocycles. The van der Waals surface area contributed by atoms with Crippen LogP contribution in [0.15, 0.2) is 83.9 Å². The molecule has 0 N–H and O–H groups in total. The van der Waals surface area contributed by atoms with Gasteiger partial charge in [-0.05, 0) is 43.2 Å². The van der Waals surface area contributed by atoms with E-state index in [0.717, 1.165) is 27.3 Å². The second-order valence-corrected chi connectivity index (χ2v) is 7.67. The molecule has 0 radical (unpaired) electrons. The summed E-state index contributed by atoms with van der Waals surface area (Å²) in [6, 6.07) is 25.5. The summed E-state index contributed by atoms with van der Waals surface area (Å²) in [7, 11) is 0. The molecule has 0 aliphatic rings. The number of hydrogen-bond donors (Lipinski definition) is 1. The van der Waals surface area contributed by atoms with Crippen molar-refractivity contribution in [3.8, 4) is 16.9 Å². The van der Waals surface area contributed by atoms with Crippen LogP contribution in [0.4, 0.5) is 0 Å². The predicted molar refractivity (Wildman–Crippen MR) is 121 cm³/mol. The van der Waals surface area contributed by atoms with Crippen LogP contribution < -0.4 is 0 Å². The molecule has 5 rings (SSSR count). The lowest BCUT2D eigenvalue weighted by Gasteiger charge is -2.15. The summed E-state index contributed by atoms with van der Waals surface area (Å²) in [6.07, 6.45) is 1.88. The minimum Gasteiger partial charge on any atom is -0.293 e. The molecule has 5 aromatic rings. The topological polar surface area (TPSA) is 17.8 Å². The van der Waals surface area contributed by atoms with E-state index in [1.165, 1.54) is 27.5 Å². The van der Waals surface area contributed by atoms with Crippen molar-refractivity contribution in [2.24, 2.45) is 0 Å². The SMILES string of the molecule is Cc1ccc(C)c(-c2ccnc(-n3c4ccccc4c4ccccc43)c2S)c1. The number of thiol groups is 1. The maximum absolute atomic E-state index is 4.96. The summed E-state index contributed by atoms with van der Waals surface area (Å²) < 4.78 is 2.22. The van der Waals surface area contributed by atoms with Gasteiger partial charge in [0, 0.05) is 22.5 Å². The Labute approximate surface area is 169 Å². The molecule has 0 aliphatic heterocycles. The normalized spacial score (nSPS) is 11.4. The van der Waals surface area contributed by atoms with E-state index in [0.29, 0.717) is 0 Å². The van der Waals surface area contributed by atoms with E-state index >= 15 is 0 Å². The number of aryl methyl sites for hydroxylation is 2. The van der Waals surface area contributed by atoms with Gasteiger partial charge < -0.3 is 0 Å². The van der Waals surface area contributed by atoms with E-state index in [1.807, 2.05) is 6.20 Å². The molecular weight excluding hydrogens is 360 g/mol. The highest BCUT2D eigenvalue weighted by Gasteiger charge is 2.17. The molecule has 0 saturated heterocycles. The van der Waals surface area contributed by atoms with E-state index in [-0.39, 0.29) is 0 Å². The smallest absolute Gasteiger partial charge is 0.151 e. The number of para-hydroxylation sites is 2. The Hall–Kier alpha value is -3.04. The minimum absolute atomic E-state index is 0.860. The number of fused-ring (bicyclic) bond motifs is 3. The predicted octanol–water partition coefficient (Wildman–Crippen LogP) is 6.75. The molecule has 28 heavy (non-hydrogen) atoms. The monoisotopic (exact) mass is 380 g/mol. The molecule has 2 aromatic heterocycles. The van der Waals surface area contributed by atoms with Gasteiger partial charge >= 0.3 is 0 Å². The van der Waals surface area contributed by atoms with Crippen LogP contribution in [-0.2, 0) is 0 Å². The van der Waals surface area contributed by atoms with Gasteiger partial charge in [0.1, 0.15) is 0 Å². The summed E-state index contributed by atoms with van der Waals surface area (Å²) in [5.74, 6) is 0.860. The maximum atomic E-state index is 4.96. The first-order chi connectivity index (χ1) is 13.6. The molecular formula is C25H20N2S. The zero-order valence-corrected chi connectivity index (χ0v) is 16.7. The summed E-state index contributed by atoms with van der Waals surface area (Å²) >= 11 is 4.96. The van der Waals surface area contributed by atoms with Gasteiger partial charge in [0.25, 0.3) is 0 Å². The van der Waals surface area contributed by atoms with E-state index < -0.39 is 0 Å². The Morgan fingerprint density at radius 3 is 2.07 bits per heavy atom. The summed E-state index contributed by atoms with van der Waals surface area (Å²) in [5.41, 5.74) is 7.07. The first-order valence-corrected chi connectivity index (χ1v) is 9.84. The summed E-state index contributed by atoms with van der Waals surface area (Å²) in [5, 5.41) is 2.45. The Balaban J connectivity index is 1.85. The Bertz CT molecular complexity index is 1290. The van der Waals surface area contributed by atoms with Crippen molar-refractivity contribution < 1.29 is 0 Å². The van der Waals surface area contributed by atoms with Crippen molar-refractivity contribution in [1.29, 1.82) is 0 Å². The number of nitrogens with zero attached hydrogens (tertiary/aromatic N) is 2. The van der Waals surface area contributed by atoms with Gasteiger partial charge in [0.15, 0.2) is 5.82 Å². The first kappa shape index (κ1) is 17.1. The van der Waals surface area contributed by atoms with Crippen molar-refractivity contribution in [1.82, 2.24) is 9.55 Å². The fraction of sp³-hybridized carbons (Fsp3) is 0.0800. The van der Waals surface area contributed by atoms with Crippen molar-refractivity contribution in [3.63, 3.8) is 0 Å². The molecule has 0 amide bonds. The second-order valence-electron chi connectivity index (χ2n) is 7.22. The van der Waals surface area contributed by atoms with Crippen molar-refractivity contribution in [2.75, 3.05) is 0 Å². The highest BCUT2D eigenvalue weighted by atomic mass is 32.1. The summed E-state index contributed by atoms with van der Waals surface area (Å²) in [6.45, 7) is 4.26. The van der Waals surface area contributed by atoms with Crippen LogP contribution in [0.1, 0.15) is 11.1 Å². The van der Waals surface area contributed by atoms with Gasteiger partial charge in [-0.3, -0.25) is 4.57 Å². The van der Waals surface area contributed by atoms with Crippen molar-refractivity contribution in [2.45, 2.75) is 18.7 Å². The molecule has 2 nitrogen and oxygen atoms in total. The minimum atomic E-state index is 0.860. The van der Waals surface area contributed by atoms with E-state index in [2.05, 4.69) is 91.2 Å². The zero-order valence-electron chi connectivity index (χ0n) is 15.8. The van der Waals surface area contributed by atoms with E-state index in [1.54, 1.807) is 0 Å². The lowest BCUT2D eigenvalue weighted by Crippen LogP contribution is -2.00. The van der Waals surface area contributed by atoms with Crippen LogP contribution >= 0.6 is 12.6 Å². The molecule has 0 saturated carbocycles. The van der Waals surface area contributed by atoms with Crippen molar-refractivity contribution in [3.05, 3.63) is 90.1 Å². The van der Waals surface area contributed by atoms with Crippen molar-refractivity contribution >= 4 is 34.4 Å². The molecule has 0 unspecified atom stereocenters. The highest BCUT2D eigenvalue weighted by Crippen LogP contribution is 2.37. The zero-order chi connectivity index (χ0) is 19.3. The van der Waals surface area contributed by atoms with Gasteiger partial charge in [0.05, 0.1) is 15.9 Å². The van der Waals surface area contributed by atoms with E-state index in [9.17, 15) is 0 Å². The third kappa shape index (κ3) is 2.54. The standard InChI is InChI=1S/C25H20N2S/c1-16-11-12-17(2)21(15-16)20-13-14-26-25(24(20)28)27-22-9-5-3-7-18(22)19-8-4-6-10-23(19)27/h3-15,28H,1-2H3. The van der Waals surface area contributed by atoms with Gasteiger partial charge in [-0.2, -0.15) is 0 Å². The largest absolute Gasteiger partial charge is 0.293 e. The number of rotatable bonds is 2.